The first kappa shape index (κ1) is 13.8. The van der Waals surface area contributed by atoms with Crippen molar-refractivity contribution in [2.45, 2.75) is 6.54 Å². The predicted molar refractivity (Wildman–Crippen MR) is 74.7 cm³/mol. The molecule has 20 heavy (non-hydrogen) atoms. The minimum Gasteiger partial charge on any atom is -0.350 e. The Morgan fingerprint density at radius 1 is 1.45 bits per heavy atom. The van der Waals surface area contributed by atoms with Gasteiger partial charge in [-0.1, -0.05) is 11.8 Å². The lowest BCUT2D eigenvalue weighted by Gasteiger charge is -2.05. The maximum Gasteiger partial charge on any atom is 0.252 e. The summed E-state index contributed by atoms with van der Waals surface area (Å²) in [5, 5.41) is 6.86. The van der Waals surface area contributed by atoms with Crippen molar-refractivity contribution in [1.29, 1.82) is 0 Å². The highest BCUT2D eigenvalue weighted by Crippen LogP contribution is 2.01. The molecule has 0 saturated heterocycles. The second kappa shape index (κ2) is 7.07. The van der Waals surface area contributed by atoms with Crippen LogP contribution in [-0.4, -0.2) is 33.8 Å². The van der Waals surface area contributed by atoms with E-state index in [1.807, 2.05) is 12.3 Å². The second-order valence-corrected chi connectivity index (χ2v) is 3.99. The molecule has 2 aromatic heterocycles. The van der Waals surface area contributed by atoms with Gasteiger partial charge in [0.1, 0.15) is 0 Å². The average Bonchev–Trinajstić information content (AvgIpc) is 2.98. The Kier molecular flexibility index (Phi) is 4.87. The number of amides is 1. The van der Waals surface area contributed by atoms with Crippen LogP contribution in [-0.2, 0) is 6.54 Å². The van der Waals surface area contributed by atoms with Crippen LogP contribution in [0.15, 0.2) is 36.9 Å². The summed E-state index contributed by atoms with van der Waals surface area (Å²) >= 11 is 0. The van der Waals surface area contributed by atoms with Gasteiger partial charge >= 0.3 is 0 Å². The maximum absolute atomic E-state index is 11.9. The van der Waals surface area contributed by atoms with E-state index in [1.54, 1.807) is 23.1 Å². The van der Waals surface area contributed by atoms with Crippen LogP contribution in [0.3, 0.4) is 0 Å². The fourth-order valence-electron chi connectivity index (χ4n) is 1.60. The van der Waals surface area contributed by atoms with Gasteiger partial charge in [-0.25, -0.2) is 0 Å². The van der Waals surface area contributed by atoms with Gasteiger partial charge in [0.25, 0.3) is 5.91 Å². The highest BCUT2D eigenvalue weighted by atomic mass is 16.1. The van der Waals surface area contributed by atoms with Gasteiger partial charge in [0, 0.05) is 36.9 Å². The van der Waals surface area contributed by atoms with Crippen molar-refractivity contribution in [2.24, 2.45) is 5.73 Å². The van der Waals surface area contributed by atoms with Crippen molar-refractivity contribution in [2.75, 3.05) is 13.1 Å². The molecule has 0 aliphatic heterocycles. The molecule has 0 fully saturated rings. The van der Waals surface area contributed by atoms with Crippen LogP contribution in [0.2, 0.25) is 0 Å². The van der Waals surface area contributed by atoms with Crippen molar-refractivity contribution in [3.63, 3.8) is 0 Å². The zero-order valence-electron chi connectivity index (χ0n) is 10.9. The van der Waals surface area contributed by atoms with E-state index in [9.17, 15) is 4.79 Å². The Hall–Kier alpha value is -2.65. The monoisotopic (exact) mass is 269 g/mol. The van der Waals surface area contributed by atoms with Crippen LogP contribution in [0, 0.1) is 11.8 Å². The van der Waals surface area contributed by atoms with E-state index in [0.29, 0.717) is 24.2 Å². The summed E-state index contributed by atoms with van der Waals surface area (Å²) in [6.45, 7) is 1.40. The van der Waals surface area contributed by atoms with Crippen molar-refractivity contribution in [3.05, 3.63) is 48.0 Å². The number of nitrogens with one attached hydrogen (secondary N) is 1. The Bertz CT molecular complexity index is 625. The number of hydrogen-bond donors (Lipinski definition) is 2. The molecular formula is C14H15N5O. The molecule has 0 spiro atoms. The van der Waals surface area contributed by atoms with Gasteiger partial charge < -0.3 is 11.1 Å². The summed E-state index contributed by atoms with van der Waals surface area (Å²) in [6.07, 6.45) is 6.65. The van der Waals surface area contributed by atoms with E-state index >= 15 is 0 Å². The molecule has 6 nitrogen and oxygen atoms in total. The number of carbonyl (C=O) groups is 1. The van der Waals surface area contributed by atoms with Gasteiger partial charge in [0.05, 0.1) is 18.7 Å². The lowest BCUT2D eigenvalue weighted by atomic mass is 10.2. The van der Waals surface area contributed by atoms with Gasteiger partial charge in [-0.05, 0) is 12.1 Å². The number of aromatic nitrogens is 3. The average molecular weight is 269 g/mol. The first-order valence-corrected chi connectivity index (χ1v) is 6.19. The fraction of sp³-hybridized carbons (Fsp3) is 0.214. The molecule has 0 unspecified atom stereocenters. The molecular weight excluding hydrogens is 254 g/mol. The van der Waals surface area contributed by atoms with Crippen molar-refractivity contribution in [3.8, 4) is 11.8 Å². The van der Waals surface area contributed by atoms with Crippen LogP contribution in [0.4, 0.5) is 0 Å². The van der Waals surface area contributed by atoms with Gasteiger partial charge in [-0.3, -0.25) is 14.5 Å². The molecule has 3 N–H and O–H groups in total. The number of pyridine rings is 1. The first-order valence-electron chi connectivity index (χ1n) is 6.19. The van der Waals surface area contributed by atoms with Crippen molar-refractivity contribution < 1.29 is 4.79 Å². The Morgan fingerprint density at radius 3 is 3.10 bits per heavy atom. The van der Waals surface area contributed by atoms with Gasteiger partial charge in [0.15, 0.2) is 0 Å². The minimum absolute atomic E-state index is 0.180. The third-order valence-corrected chi connectivity index (χ3v) is 2.52. The second-order valence-electron chi connectivity index (χ2n) is 3.99. The largest absolute Gasteiger partial charge is 0.350 e. The zero-order valence-corrected chi connectivity index (χ0v) is 10.9. The van der Waals surface area contributed by atoms with E-state index in [1.165, 1.54) is 6.20 Å². The summed E-state index contributed by atoms with van der Waals surface area (Å²) in [4.78, 5) is 15.9. The molecule has 2 rings (SSSR count). The SMILES string of the molecule is NCC#Cc1cncc(C(=O)NCCn2cccn2)c1. The van der Waals surface area contributed by atoms with Crippen LogP contribution in [0.1, 0.15) is 15.9 Å². The molecule has 2 aromatic rings. The van der Waals surface area contributed by atoms with E-state index in [0.717, 1.165) is 0 Å². The normalized spacial score (nSPS) is 9.65. The van der Waals surface area contributed by atoms with Gasteiger partial charge in [-0.15, -0.1) is 0 Å². The molecule has 1 amide bonds. The highest BCUT2D eigenvalue weighted by molar-refractivity contribution is 5.94. The third-order valence-electron chi connectivity index (χ3n) is 2.52. The van der Waals surface area contributed by atoms with Crippen LogP contribution in [0.25, 0.3) is 0 Å². The van der Waals surface area contributed by atoms with E-state index in [2.05, 4.69) is 27.2 Å². The predicted octanol–water partition coefficient (Wildman–Crippen LogP) is 0.0183. The molecule has 0 bridgehead atoms. The molecule has 0 aromatic carbocycles. The Morgan fingerprint density at radius 2 is 2.35 bits per heavy atom. The van der Waals surface area contributed by atoms with Crippen LogP contribution < -0.4 is 11.1 Å². The summed E-state index contributed by atoms with van der Waals surface area (Å²) < 4.78 is 1.75. The quantitative estimate of drug-likeness (QED) is 0.766. The number of rotatable bonds is 4. The maximum atomic E-state index is 11.9. The minimum atomic E-state index is -0.180. The summed E-state index contributed by atoms with van der Waals surface area (Å²) in [5.74, 6) is 5.39. The number of carbonyl (C=O) groups excluding carboxylic acids is 1. The molecule has 0 radical (unpaired) electrons. The first-order chi connectivity index (χ1) is 9.79. The summed E-state index contributed by atoms with van der Waals surface area (Å²) in [7, 11) is 0. The van der Waals surface area contributed by atoms with Crippen LogP contribution >= 0.6 is 0 Å². The highest BCUT2D eigenvalue weighted by Gasteiger charge is 2.05. The lowest BCUT2D eigenvalue weighted by Crippen LogP contribution is -2.27. The Labute approximate surface area is 117 Å². The van der Waals surface area contributed by atoms with E-state index in [4.69, 9.17) is 5.73 Å². The topological polar surface area (TPSA) is 85.8 Å². The zero-order chi connectivity index (χ0) is 14.2. The molecule has 0 saturated carbocycles. The summed E-state index contributed by atoms with van der Waals surface area (Å²) in [5.41, 5.74) is 6.46. The molecule has 6 heteroatoms. The number of hydrogen-bond acceptors (Lipinski definition) is 4. The van der Waals surface area contributed by atoms with Crippen molar-refractivity contribution >= 4 is 5.91 Å². The standard InChI is InChI=1S/C14H15N5O/c15-4-1-3-12-9-13(11-16-10-12)14(20)17-6-8-19-7-2-5-18-19/h2,5,7,9-11H,4,6,8,15H2,(H,17,20). The lowest BCUT2D eigenvalue weighted by molar-refractivity contribution is 0.0951. The molecule has 0 aliphatic carbocycles. The molecule has 0 atom stereocenters. The van der Waals surface area contributed by atoms with Gasteiger partial charge in [-0.2, -0.15) is 5.10 Å². The van der Waals surface area contributed by atoms with E-state index < -0.39 is 0 Å². The number of nitrogens with two attached hydrogens (primary N) is 1. The van der Waals surface area contributed by atoms with Gasteiger partial charge in [0.2, 0.25) is 0 Å². The van der Waals surface area contributed by atoms with Crippen LogP contribution in [0.5, 0.6) is 0 Å². The smallest absolute Gasteiger partial charge is 0.252 e. The molecule has 102 valence electrons. The van der Waals surface area contributed by atoms with Crippen molar-refractivity contribution in [1.82, 2.24) is 20.1 Å². The Balaban J connectivity index is 1.91. The fourth-order valence-corrected chi connectivity index (χ4v) is 1.60. The van der Waals surface area contributed by atoms with E-state index in [-0.39, 0.29) is 12.5 Å². The molecule has 2 heterocycles. The third kappa shape index (κ3) is 3.93. The number of nitrogens with zero attached hydrogens (tertiary/aromatic N) is 3. The molecule has 0 aliphatic rings. The summed E-state index contributed by atoms with van der Waals surface area (Å²) in [6, 6.07) is 3.53.